The molecule has 1 atom stereocenters. The molecule has 0 bridgehead atoms. The predicted octanol–water partition coefficient (Wildman–Crippen LogP) is -1.28. The van der Waals surface area contributed by atoms with E-state index in [2.05, 4.69) is 0 Å². The molecule has 6 N–H and O–H groups in total. The lowest BCUT2D eigenvalue weighted by Crippen LogP contribution is -2.46. The molecule has 7 heavy (non-hydrogen) atoms. The van der Waals surface area contributed by atoms with Crippen LogP contribution in [0.5, 0.6) is 0 Å². The Morgan fingerprint density at radius 3 is 1.43 bits per heavy atom. The van der Waals surface area contributed by atoms with Crippen LogP contribution in [-0.4, -0.2) is 11.2 Å². The van der Waals surface area contributed by atoms with Crippen molar-refractivity contribution in [2.45, 2.75) is 24.5 Å². The van der Waals surface area contributed by atoms with Gasteiger partial charge in [-0.05, 0) is 6.92 Å². The molecule has 1 saturated carbocycles. The second-order valence-electron chi connectivity index (χ2n) is 2.63. The molecule has 3 heteroatoms. The number of nitrogens with two attached hydrogens (primary N) is 3. The molecule has 0 saturated heterocycles. The minimum absolute atomic E-state index is 0.299. The fourth-order valence-electron chi connectivity index (χ4n) is 0.563. The van der Waals surface area contributed by atoms with Crippen LogP contribution in [0, 0.1) is 0 Å². The van der Waals surface area contributed by atoms with E-state index in [-0.39, 0.29) is 5.54 Å². The topological polar surface area (TPSA) is 78.1 Å². The number of rotatable bonds is 0. The highest BCUT2D eigenvalue weighted by atomic mass is 15.2. The zero-order valence-electron chi connectivity index (χ0n) is 4.44. The van der Waals surface area contributed by atoms with Crippen molar-refractivity contribution in [3.8, 4) is 0 Å². The summed E-state index contributed by atoms with van der Waals surface area (Å²) < 4.78 is 0. The van der Waals surface area contributed by atoms with E-state index in [4.69, 9.17) is 17.2 Å². The number of hydrogen-bond donors (Lipinski definition) is 3. The molecule has 42 valence electrons. The van der Waals surface area contributed by atoms with E-state index in [0.29, 0.717) is 0 Å². The van der Waals surface area contributed by atoms with Crippen molar-refractivity contribution >= 4 is 0 Å². The van der Waals surface area contributed by atoms with Crippen LogP contribution in [0.2, 0.25) is 0 Å². The molecule has 3 nitrogen and oxygen atoms in total. The third kappa shape index (κ3) is 0.534. The molecule has 0 amide bonds. The minimum atomic E-state index is -0.576. The van der Waals surface area contributed by atoms with Gasteiger partial charge in [0, 0.05) is 12.0 Å². The highest BCUT2D eigenvalue weighted by Gasteiger charge is 2.56. The zero-order valence-corrected chi connectivity index (χ0v) is 4.44. The van der Waals surface area contributed by atoms with Gasteiger partial charge in [-0.3, -0.25) is 0 Å². The molecule has 1 aliphatic rings. The third-order valence-corrected chi connectivity index (χ3v) is 1.60. The molecule has 0 heterocycles. The first-order valence-electron chi connectivity index (χ1n) is 2.32. The maximum atomic E-state index is 5.49. The fraction of sp³-hybridized carbons (Fsp3) is 1.00. The average Bonchev–Trinajstić information content (AvgIpc) is 1.63. The van der Waals surface area contributed by atoms with Crippen molar-refractivity contribution in [3.63, 3.8) is 0 Å². The molecule has 0 aliphatic heterocycles. The van der Waals surface area contributed by atoms with Crippen molar-refractivity contribution in [1.29, 1.82) is 0 Å². The van der Waals surface area contributed by atoms with Crippen molar-refractivity contribution in [3.05, 3.63) is 0 Å². The van der Waals surface area contributed by atoms with Crippen molar-refractivity contribution in [2.24, 2.45) is 17.2 Å². The summed E-state index contributed by atoms with van der Waals surface area (Å²) in [6.07, 6.45) is 0.736. The minimum Gasteiger partial charge on any atom is -0.323 e. The molecule has 0 aromatic heterocycles. The Kier molecular flexibility index (Phi) is 0.606. The van der Waals surface area contributed by atoms with Gasteiger partial charge in [-0.15, -0.1) is 0 Å². The lowest BCUT2D eigenvalue weighted by molar-refractivity contribution is 0.580. The van der Waals surface area contributed by atoms with Gasteiger partial charge in [-0.25, -0.2) is 0 Å². The van der Waals surface area contributed by atoms with Crippen molar-refractivity contribution < 1.29 is 0 Å². The molecule has 0 aromatic rings. The smallest absolute Gasteiger partial charge is 0.0839 e. The molecule has 1 unspecified atom stereocenters. The Morgan fingerprint density at radius 2 is 1.43 bits per heavy atom. The monoisotopic (exact) mass is 101 g/mol. The van der Waals surface area contributed by atoms with Crippen LogP contribution in [0.1, 0.15) is 13.3 Å². The van der Waals surface area contributed by atoms with Crippen molar-refractivity contribution in [1.82, 2.24) is 0 Å². The lowest BCUT2D eigenvalue weighted by Gasteiger charge is -2.05. The van der Waals surface area contributed by atoms with Gasteiger partial charge in [-0.2, -0.15) is 0 Å². The van der Waals surface area contributed by atoms with E-state index < -0.39 is 5.66 Å². The Labute approximate surface area is 42.8 Å². The SMILES string of the molecule is CC1(N)CC1(N)N. The number of hydrogen-bond acceptors (Lipinski definition) is 3. The summed E-state index contributed by atoms with van der Waals surface area (Å²) in [5, 5.41) is 0. The first kappa shape index (κ1) is 5.03. The van der Waals surface area contributed by atoms with E-state index in [9.17, 15) is 0 Å². The Bertz CT molecular complexity index is 83.1. The van der Waals surface area contributed by atoms with Gasteiger partial charge in [0.05, 0.1) is 5.66 Å². The first-order valence-corrected chi connectivity index (χ1v) is 2.32. The molecule has 1 fully saturated rings. The summed E-state index contributed by atoms with van der Waals surface area (Å²) in [7, 11) is 0. The molecule has 0 radical (unpaired) electrons. The van der Waals surface area contributed by atoms with Gasteiger partial charge in [0.2, 0.25) is 0 Å². The van der Waals surface area contributed by atoms with E-state index in [1.807, 2.05) is 6.92 Å². The maximum absolute atomic E-state index is 5.49. The van der Waals surface area contributed by atoms with Gasteiger partial charge in [0.1, 0.15) is 0 Å². The molecule has 0 aromatic carbocycles. The summed E-state index contributed by atoms with van der Waals surface area (Å²) >= 11 is 0. The fourth-order valence-corrected chi connectivity index (χ4v) is 0.563. The Morgan fingerprint density at radius 1 is 1.29 bits per heavy atom. The predicted molar refractivity (Wildman–Crippen MR) is 28.3 cm³/mol. The van der Waals surface area contributed by atoms with Crippen LogP contribution in [0.25, 0.3) is 0 Å². The third-order valence-electron chi connectivity index (χ3n) is 1.60. The van der Waals surface area contributed by atoms with E-state index in [1.54, 1.807) is 0 Å². The standard InChI is InChI=1S/C4H11N3/c1-3(5)2-4(3,6)7/h2,5-7H2,1H3. The van der Waals surface area contributed by atoms with E-state index in [0.717, 1.165) is 6.42 Å². The summed E-state index contributed by atoms with van der Waals surface area (Å²) in [6, 6.07) is 0. The Hall–Kier alpha value is -0.120. The van der Waals surface area contributed by atoms with Crippen LogP contribution in [0.15, 0.2) is 0 Å². The molecule has 1 aliphatic carbocycles. The Balaban J connectivity index is 2.59. The molecular formula is C4H11N3. The lowest BCUT2D eigenvalue weighted by atomic mass is 10.3. The molecular weight excluding hydrogens is 90.1 g/mol. The highest BCUT2D eigenvalue weighted by Crippen LogP contribution is 2.37. The van der Waals surface area contributed by atoms with Crippen molar-refractivity contribution in [2.75, 3.05) is 0 Å². The normalized spacial score (nSPS) is 46.3. The molecule has 1 rings (SSSR count). The van der Waals surface area contributed by atoms with Crippen LogP contribution in [-0.2, 0) is 0 Å². The second kappa shape index (κ2) is 0.844. The first-order chi connectivity index (χ1) is 2.96. The van der Waals surface area contributed by atoms with E-state index >= 15 is 0 Å². The van der Waals surface area contributed by atoms with Crippen LogP contribution < -0.4 is 17.2 Å². The van der Waals surface area contributed by atoms with Gasteiger partial charge in [0.25, 0.3) is 0 Å². The van der Waals surface area contributed by atoms with Crippen LogP contribution in [0.4, 0.5) is 0 Å². The van der Waals surface area contributed by atoms with Gasteiger partial charge >= 0.3 is 0 Å². The summed E-state index contributed by atoms with van der Waals surface area (Å²) in [5.41, 5.74) is 15.4. The highest BCUT2D eigenvalue weighted by molar-refractivity contribution is 5.18. The summed E-state index contributed by atoms with van der Waals surface area (Å²) in [5.74, 6) is 0. The summed E-state index contributed by atoms with van der Waals surface area (Å²) in [4.78, 5) is 0. The van der Waals surface area contributed by atoms with Gasteiger partial charge < -0.3 is 17.2 Å². The summed E-state index contributed by atoms with van der Waals surface area (Å²) in [6.45, 7) is 1.85. The average molecular weight is 101 g/mol. The van der Waals surface area contributed by atoms with Gasteiger partial charge in [-0.1, -0.05) is 0 Å². The van der Waals surface area contributed by atoms with Crippen LogP contribution >= 0.6 is 0 Å². The molecule has 0 spiro atoms. The van der Waals surface area contributed by atoms with E-state index in [1.165, 1.54) is 0 Å². The van der Waals surface area contributed by atoms with Crippen LogP contribution in [0.3, 0.4) is 0 Å². The zero-order chi connectivity index (χ0) is 5.71. The largest absolute Gasteiger partial charge is 0.323 e. The quantitative estimate of drug-likeness (QED) is 0.333. The maximum Gasteiger partial charge on any atom is 0.0839 e. The van der Waals surface area contributed by atoms with Gasteiger partial charge in [0.15, 0.2) is 0 Å². The second-order valence-corrected chi connectivity index (χ2v) is 2.63.